The third-order valence-corrected chi connectivity index (χ3v) is 5.03. The summed E-state index contributed by atoms with van der Waals surface area (Å²) in [5.74, 6) is 1.36. The minimum atomic E-state index is 0.610. The highest BCUT2D eigenvalue weighted by Gasteiger charge is 2.18. The standard InChI is InChI=1S/C15H29N3S/c1-10(2)8-16-9-14-12(5)17-18(7)15(14)19-13(6)11(3)4/h10-11,13,16H,8-9H2,1-7H3. The first-order valence-electron chi connectivity index (χ1n) is 7.22. The van der Waals surface area contributed by atoms with Crippen LogP contribution in [0.4, 0.5) is 0 Å². The van der Waals surface area contributed by atoms with Crippen molar-refractivity contribution in [2.75, 3.05) is 6.54 Å². The van der Waals surface area contributed by atoms with Crippen molar-refractivity contribution in [1.82, 2.24) is 15.1 Å². The Hall–Kier alpha value is -0.480. The lowest BCUT2D eigenvalue weighted by molar-refractivity contribution is 0.547. The quantitative estimate of drug-likeness (QED) is 0.775. The monoisotopic (exact) mass is 283 g/mol. The number of hydrogen-bond acceptors (Lipinski definition) is 3. The molecular formula is C15H29N3S. The minimum Gasteiger partial charge on any atom is -0.312 e. The zero-order valence-corrected chi connectivity index (χ0v) is 14.3. The Morgan fingerprint density at radius 2 is 1.84 bits per heavy atom. The van der Waals surface area contributed by atoms with Crippen LogP contribution in [0, 0.1) is 18.8 Å². The van der Waals surface area contributed by atoms with Crippen molar-refractivity contribution >= 4 is 11.8 Å². The van der Waals surface area contributed by atoms with Crippen molar-refractivity contribution in [3.8, 4) is 0 Å². The third kappa shape index (κ3) is 4.84. The normalized spacial score (nSPS) is 13.5. The summed E-state index contributed by atoms with van der Waals surface area (Å²) in [7, 11) is 2.05. The Balaban J connectivity index is 2.79. The van der Waals surface area contributed by atoms with E-state index in [1.807, 2.05) is 23.5 Å². The fourth-order valence-electron chi connectivity index (χ4n) is 1.83. The molecule has 1 aromatic rings. The van der Waals surface area contributed by atoms with E-state index in [4.69, 9.17) is 0 Å². The van der Waals surface area contributed by atoms with Crippen LogP contribution in [0.5, 0.6) is 0 Å². The molecule has 0 bridgehead atoms. The Kier molecular flexibility index (Phi) is 6.40. The number of rotatable bonds is 7. The number of hydrogen-bond donors (Lipinski definition) is 1. The summed E-state index contributed by atoms with van der Waals surface area (Å²) in [6.45, 7) is 15.4. The lowest BCUT2D eigenvalue weighted by Gasteiger charge is -2.16. The van der Waals surface area contributed by atoms with E-state index in [1.165, 1.54) is 10.6 Å². The first-order chi connectivity index (χ1) is 8.82. The molecule has 0 saturated heterocycles. The molecule has 1 N–H and O–H groups in total. The molecule has 1 aromatic heterocycles. The van der Waals surface area contributed by atoms with Gasteiger partial charge in [0.05, 0.1) is 10.7 Å². The lowest BCUT2D eigenvalue weighted by Crippen LogP contribution is -2.20. The summed E-state index contributed by atoms with van der Waals surface area (Å²) in [5.41, 5.74) is 2.51. The molecular weight excluding hydrogens is 254 g/mol. The predicted octanol–water partition coefficient (Wildman–Crippen LogP) is 3.61. The highest BCUT2D eigenvalue weighted by atomic mass is 32.2. The van der Waals surface area contributed by atoms with E-state index in [2.05, 4.69) is 52.0 Å². The van der Waals surface area contributed by atoms with Crippen LogP contribution in [0.2, 0.25) is 0 Å². The molecule has 0 aromatic carbocycles. The van der Waals surface area contributed by atoms with Gasteiger partial charge in [-0.15, -0.1) is 11.8 Å². The Labute approximate surface area is 122 Å². The van der Waals surface area contributed by atoms with Crippen LogP contribution < -0.4 is 5.32 Å². The van der Waals surface area contributed by atoms with Crippen molar-refractivity contribution in [2.45, 2.75) is 58.4 Å². The van der Waals surface area contributed by atoms with Crippen molar-refractivity contribution < 1.29 is 0 Å². The van der Waals surface area contributed by atoms with E-state index in [9.17, 15) is 0 Å². The van der Waals surface area contributed by atoms with E-state index < -0.39 is 0 Å². The van der Waals surface area contributed by atoms with E-state index >= 15 is 0 Å². The molecule has 0 saturated carbocycles. The molecule has 0 amide bonds. The van der Waals surface area contributed by atoms with Gasteiger partial charge in [-0.25, -0.2) is 0 Å². The zero-order valence-electron chi connectivity index (χ0n) is 13.4. The molecule has 3 nitrogen and oxygen atoms in total. The van der Waals surface area contributed by atoms with Crippen LogP contribution in [-0.4, -0.2) is 21.6 Å². The maximum Gasteiger partial charge on any atom is 0.0987 e. The summed E-state index contributed by atoms with van der Waals surface area (Å²) in [5, 5.41) is 10.0. The number of aryl methyl sites for hydroxylation is 2. The van der Waals surface area contributed by atoms with Gasteiger partial charge < -0.3 is 5.32 Å². The fraction of sp³-hybridized carbons (Fsp3) is 0.800. The van der Waals surface area contributed by atoms with Gasteiger partial charge in [0.2, 0.25) is 0 Å². The molecule has 1 heterocycles. The van der Waals surface area contributed by atoms with Gasteiger partial charge in [-0.2, -0.15) is 5.10 Å². The van der Waals surface area contributed by atoms with Crippen molar-refractivity contribution in [2.24, 2.45) is 18.9 Å². The van der Waals surface area contributed by atoms with Crippen molar-refractivity contribution in [3.63, 3.8) is 0 Å². The first-order valence-corrected chi connectivity index (χ1v) is 8.10. The average Bonchev–Trinajstić information content (AvgIpc) is 2.55. The predicted molar refractivity (Wildman–Crippen MR) is 84.6 cm³/mol. The van der Waals surface area contributed by atoms with Crippen molar-refractivity contribution in [3.05, 3.63) is 11.3 Å². The molecule has 1 rings (SSSR count). The minimum absolute atomic E-state index is 0.610. The van der Waals surface area contributed by atoms with Gasteiger partial charge in [0.1, 0.15) is 0 Å². The lowest BCUT2D eigenvalue weighted by atomic mass is 10.2. The fourth-order valence-corrected chi connectivity index (χ4v) is 3.01. The third-order valence-electron chi connectivity index (χ3n) is 3.38. The van der Waals surface area contributed by atoms with Crippen LogP contribution in [0.3, 0.4) is 0 Å². The number of nitrogens with one attached hydrogen (secondary N) is 1. The van der Waals surface area contributed by atoms with Crippen LogP contribution in [0.15, 0.2) is 5.03 Å². The number of thioether (sulfide) groups is 1. The molecule has 4 heteroatoms. The maximum atomic E-state index is 4.58. The molecule has 110 valence electrons. The van der Waals surface area contributed by atoms with E-state index in [-0.39, 0.29) is 0 Å². The molecule has 0 radical (unpaired) electrons. The highest BCUT2D eigenvalue weighted by molar-refractivity contribution is 7.99. The molecule has 0 aliphatic carbocycles. The number of aromatic nitrogens is 2. The first kappa shape index (κ1) is 16.6. The molecule has 0 aliphatic rings. The molecule has 1 unspecified atom stereocenters. The SMILES string of the molecule is Cc1nn(C)c(SC(C)C(C)C)c1CNCC(C)C. The van der Waals surface area contributed by atoms with Crippen LogP contribution in [-0.2, 0) is 13.6 Å². The van der Waals surface area contributed by atoms with E-state index in [0.717, 1.165) is 18.8 Å². The zero-order chi connectivity index (χ0) is 14.6. The van der Waals surface area contributed by atoms with E-state index in [1.54, 1.807) is 0 Å². The van der Waals surface area contributed by atoms with Crippen LogP contribution >= 0.6 is 11.8 Å². The van der Waals surface area contributed by atoms with Gasteiger partial charge >= 0.3 is 0 Å². The summed E-state index contributed by atoms with van der Waals surface area (Å²) in [6.07, 6.45) is 0. The van der Waals surface area contributed by atoms with Gasteiger partial charge in [-0.1, -0.05) is 34.6 Å². The van der Waals surface area contributed by atoms with Gasteiger partial charge in [0.15, 0.2) is 0 Å². The molecule has 0 fully saturated rings. The molecule has 0 spiro atoms. The maximum absolute atomic E-state index is 4.58. The Morgan fingerprint density at radius 1 is 1.21 bits per heavy atom. The summed E-state index contributed by atoms with van der Waals surface area (Å²) in [6, 6.07) is 0. The summed E-state index contributed by atoms with van der Waals surface area (Å²) >= 11 is 1.95. The second-order valence-electron chi connectivity index (χ2n) is 6.08. The topological polar surface area (TPSA) is 29.9 Å². The summed E-state index contributed by atoms with van der Waals surface area (Å²) in [4.78, 5) is 0. The molecule has 19 heavy (non-hydrogen) atoms. The average molecular weight is 283 g/mol. The number of nitrogens with zero attached hydrogens (tertiary/aromatic N) is 2. The van der Waals surface area contributed by atoms with Gasteiger partial charge in [-0.3, -0.25) is 4.68 Å². The Morgan fingerprint density at radius 3 is 2.37 bits per heavy atom. The van der Waals surface area contributed by atoms with Gasteiger partial charge in [-0.05, 0) is 25.3 Å². The van der Waals surface area contributed by atoms with E-state index in [0.29, 0.717) is 17.1 Å². The Bertz CT molecular complexity index is 396. The van der Waals surface area contributed by atoms with Gasteiger partial charge in [0, 0.05) is 24.4 Å². The largest absolute Gasteiger partial charge is 0.312 e. The van der Waals surface area contributed by atoms with Crippen molar-refractivity contribution in [1.29, 1.82) is 0 Å². The van der Waals surface area contributed by atoms with Crippen LogP contribution in [0.25, 0.3) is 0 Å². The molecule has 1 atom stereocenters. The summed E-state index contributed by atoms with van der Waals surface area (Å²) < 4.78 is 2.03. The second kappa shape index (κ2) is 7.34. The van der Waals surface area contributed by atoms with Gasteiger partial charge in [0.25, 0.3) is 0 Å². The highest BCUT2D eigenvalue weighted by Crippen LogP contribution is 2.31. The smallest absolute Gasteiger partial charge is 0.0987 e. The van der Waals surface area contributed by atoms with Crippen LogP contribution in [0.1, 0.15) is 45.9 Å². The molecule has 0 aliphatic heterocycles. The second-order valence-corrected chi connectivity index (χ2v) is 7.45.